The summed E-state index contributed by atoms with van der Waals surface area (Å²) in [4.78, 5) is 42.1. The van der Waals surface area contributed by atoms with Crippen molar-refractivity contribution in [1.82, 2.24) is 4.98 Å². The van der Waals surface area contributed by atoms with E-state index in [-0.39, 0.29) is 28.9 Å². The molecule has 9 nitrogen and oxygen atoms in total. The molecule has 0 aliphatic carbocycles. The van der Waals surface area contributed by atoms with E-state index in [1.807, 2.05) is 13.8 Å². The standard InChI is InChI=1S/C25H21N3O6/c1-15(2)34-19-12-8-17(9-13-19)23(29)21-22(16-6-10-18(11-7-16)28(32)33)27(25(31)24(21)30)20-5-3-4-14-26-20/h3-15,22,29H,1-2H3/t22-/m1/s1. The van der Waals surface area contributed by atoms with Gasteiger partial charge in [-0.3, -0.25) is 24.6 Å². The van der Waals surface area contributed by atoms with Gasteiger partial charge in [-0.1, -0.05) is 6.07 Å². The molecule has 9 heteroatoms. The number of aliphatic hydroxyl groups excluding tert-OH is 1. The lowest BCUT2D eigenvalue weighted by molar-refractivity contribution is -0.384. The van der Waals surface area contributed by atoms with Crippen LogP contribution in [0.2, 0.25) is 0 Å². The first-order chi connectivity index (χ1) is 16.3. The highest BCUT2D eigenvalue weighted by Crippen LogP contribution is 2.41. The Bertz CT molecular complexity index is 1270. The fourth-order valence-corrected chi connectivity index (χ4v) is 3.78. The largest absolute Gasteiger partial charge is 0.507 e. The highest BCUT2D eigenvalue weighted by Gasteiger charge is 2.47. The van der Waals surface area contributed by atoms with Gasteiger partial charge in [-0.05, 0) is 67.9 Å². The minimum atomic E-state index is -1.03. The van der Waals surface area contributed by atoms with Gasteiger partial charge in [-0.15, -0.1) is 0 Å². The Kier molecular flexibility index (Phi) is 6.09. The highest BCUT2D eigenvalue weighted by molar-refractivity contribution is 6.51. The maximum absolute atomic E-state index is 13.1. The number of hydrogen-bond donors (Lipinski definition) is 1. The van der Waals surface area contributed by atoms with Crippen molar-refractivity contribution in [3.05, 3.63) is 99.7 Å². The average molecular weight is 459 g/mol. The monoisotopic (exact) mass is 459 g/mol. The van der Waals surface area contributed by atoms with Crippen LogP contribution in [0.4, 0.5) is 11.5 Å². The molecule has 1 N–H and O–H groups in total. The number of carbonyl (C=O) groups excluding carboxylic acids is 2. The molecular weight excluding hydrogens is 438 g/mol. The number of hydrogen-bond acceptors (Lipinski definition) is 7. The third-order valence-electron chi connectivity index (χ3n) is 5.26. The van der Waals surface area contributed by atoms with Crippen LogP contribution in [0.25, 0.3) is 5.76 Å². The number of nitro groups is 1. The number of anilines is 1. The summed E-state index contributed by atoms with van der Waals surface area (Å²) in [5.74, 6) is -1.30. The van der Waals surface area contributed by atoms with Gasteiger partial charge >= 0.3 is 5.91 Å². The van der Waals surface area contributed by atoms with E-state index < -0.39 is 22.7 Å². The summed E-state index contributed by atoms with van der Waals surface area (Å²) in [5.41, 5.74) is 0.458. The van der Waals surface area contributed by atoms with Crippen LogP contribution in [-0.2, 0) is 9.59 Å². The molecule has 1 fully saturated rings. The number of benzene rings is 2. The maximum atomic E-state index is 13.1. The summed E-state index contributed by atoms with van der Waals surface area (Å²) in [7, 11) is 0. The number of ether oxygens (including phenoxy) is 1. The number of rotatable bonds is 6. The molecule has 0 spiro atoms. The van der Waals surface area contributed by atoms with Crippen molar-refractivity contribution in [2.75, 3.05) is 4.90 Å². The Labute approximate surface area is 195 Å². The number of nitrogens with zero attached hydrogens (tertiary/aromatic N) is 3. The second-order valence-corrected chi connectivity index (χ2v) is 7.90. The first kappa shape index (κ1) is 22.7. The number of non-ortho nitro benzene ring substituents is 1. The van der Waals surface area contributed by atoms with E-state index in [0.717, 1.165) is 0 Å². The molecule has 0 unspecified atom stereocenters. The highest BCUT2D eigenvalue weighted by atomic mass is 16.6. The molecule has 2 aromatic carbocycles. The zero-order chi connectivity index (χ0) is 24.4. The van der Waals surface area contributed by atoms with Crippen molar-refractivity contribution in [3.8, 4) is 5.75 Å². The zero-order valence-corrected chi connectivity index (χ0v) is 18.4. The van der Waals surface area contributed by atoms with Crippen molar-refractivity contribution in [1.29, 1.82) is 0 Å². The molecule has 1 amide bonds. The first-order valence-electron chi connectivity index (χ1n) is 10.5. The molecule has 0 radical (unpaired) electrons. The molecule has 1 aromatic heterocycles. The maximum Gasteiger partial charge on any atom is 0.301 e. The van der Waals surface area contributed by atoms with Crippen LogP contribution in [0.3, 0.4) is 0 Å². The van der Waals surface area contributed by atoms with Crippen molar-refractivity contribution < 1.29 is 24.4 Å². The molecule has 2 heterocycles. The van der Waals surface area contributed by atoms with Gasteiger partial charge in [0.05, 0.1) is 22.6 Å². The minimum absolute atomic E-state index is 0.0368. The normalized spacial score (nSPS) is 17.3. The van der Waals surface area contributed by atoms with E-state index in [2.05, 4.69) is 4.98 Å². The van der Waals surface area contributed by atoms with Crippen LogP contribution >= 0.6 is 0 Å². The number of aliphatic hydroxyl groups is 1. The van der Waals surface area contributed by atoms with Gasteiger partial charge in [0.2, 0.25) is 0 Å². The number of aromatic nitrogens is 1. The molecule has 4 rings (SSSR count). The van der Waals surface area contributed by atoms with Gasteiger partial charge in [0.15, 0.2) is 0 Å². The summed E-state index contributed by atoms with van der Waals surface area (Å²) in [5, 5.41) is 22.2. The van der Waals surface area contributed by atoms with Gasteiger partial charge in [-0.25, -0.2) is 4.98 Å². The Morgan fingerprint density at radius 3 is 2.29 bits per heavy atom. The Hall–Kier alpha value is -4.53. The molecule has 0 bridgehead atoms. The average Bonchev–Trinajstić information content (AvgIpc) is 3.09. The zero-order valence-electron chi connectivity index (χ0n) is 18.4. The predicted octanol–water partition coefficient (Wildman–Crippen LogP) is 4.40. The van der Waals surface area contributed by atoms with Crippen molar-refractivity contribution in [2.24, 2.45) is 0 Å². The van der Waals surface area contributed by atoms with E-state index in [1.165, 1.54) is 35.4 Å². The van der Waals surface area contributed by atoms with Crippen molar-refractivity contribution in [2.45, 2.75) is 26.0 Å². The van der Waals surface area contributed by atoms with E-state index in [4.69, 9.17) is 4.74 Å². The second-order valence-electron chi connectivity index (χ2n) is 7.90. The van der Waals surface area contributed by atoms with E-state index >= 15 is 0 Å². The lowest BCUT2D eigenvalue weighted by Crippen LogP contribution is -2.30. The third kappa shape index (κ3) is 4.23. The molecule has 172 valence electrons. The SMILES string of the molecule is CC(C)Oc1ccc(C(O)=C2C(=O)C(=O)N(c3ccccn3)[C@@H]2c2ccc([N+](=O)[O-])cc2)cc1. The van der Waals surface area contributed by atoms with Crippen LogP contribution < -0.4 is 9.64 Å². The van der Waals surface area contributed by atoms with Crippen molar-refractivity contribution in [3.63, 3.8) is 0 Å². The Morgan fingerprint density at radius 1 is 1.06 bits per heavy atom. The first-order valence-corrected chi connectivity index (χ1v) is 10.5. The van der Waals surface area contributed by atoms with Gasteiger partial charge in [0.25, 0.3) is 11.5 Å². The van der Waals surface area contributed by atoms with E-state index in [0.29, 0.717) is 16.9 Å². The number of amides is 1. The molecule has 3 aromatic rings. The predicted molar refractivity (Wildman–Crippen MR) is 124 cm³/mol. The van der Waals surface area contributed by atoms with Crippen LogP contribution in [0.1, 0.15) is 31.0 Å². The number of nitro benzene ring substituents is 1. The Balaban J connectivity index is 1.85. The molecule has 1 atom stereocenters. The van der Waals surface area contributed by atoms with Gasteiger partial charge in [-0.2, -0.15) is 0 Å². The lowest BCUT2D eigenvalue weighted by Gasteiger charge is -2.24. The summed E-state index contributed by atoms with van der Waals surface area (Å²) >= 11 is 0. The summed E-state index contributed by atoms with van der Waals surface area (Å²) < 4.78 is 5.62. The summed E-state index contributed by atoms with van der Waals surface area (Å²) in [6.07, 6.45) is 1.44. The fourth-order valence-electron chi connectivity index (χ4n) is 3.78. The Morgan fingerprint density at radius 2 is 1.74 bits per heavy atom. The number of Topliss-reactive ketones (excluding diaryl/α,β-unsaturated/α-hetero) is 1. The second kappa shape index (κ2) is 9.14. The lowest BCUT2D eigenvalue weighted by atomic mass is 9.95. The van der Waals surface area contributed by atoms with E-state index in [9.17, 15) is 24.8 Å². The van der Waals surface area contributed by atoms with E-state index in [1.54, 1.807) is 42.5 Å². The quantitative estimate of drug-likeness (QED) is 0.190. The van der Waals surface area contributed by atoms with Crippen LogP contribution in [0, 0.1) is 10.1 Å². The van der Waals surface area contributed by atoms with Crippen LogP contribution in [0.5, 0.6) is 5.75 Å². The third-order valence-corrected chi connectivity index (χ3v) is 5.26. The number of ketones is 1. The molecule has 1 aliphatic heterocycles. The van der Waals surface area contributed by atoms with Crippen LogP contribution in [-0.4, -0.2) is 32.8 Å². The summed E-state index contributed by atoms with van der Waals surface area (Å²) in [6, 6.07) is 15.9. The smallest absolute Gasteiger partial charge is 0.301 e. The minimum Gasteiger partial charge on any atom is -0.507 e. The van der Waals surface area contributed by atoms with Crippen LogP contribution in [0.15, 0.2) is 78.5 Å². The van der Waals surface area contributed by atoms with Crippen molar-refractivity contribution >= 4 is 29.0 Å². The molecular formula is C25H21N3O6. The number of pyridine rings is 1. The molecule has 0 saturated carbocycles. The molecule has 1 saturated heterocycles. The topological polar surface area (TPSA) is 123 Å². The van der Waals surface area contributed by atoms with Gasteiger partial charge in [0.1, 0.15) is 17.3 Å². The van der Waals surface area contributed by atoms with Gasteiger partial charge in [0, 0.05) is 23.9 Å². The molecule has 34 heavy (non-hydrogen) atoms. The molecule has 1 aliphatic rings. The number of carbonyl (C=O) groups is 2. The fraction of sp³-hybridized carbons (Fsp3) is 0.160. The summed E-state index contributed by atoms with van der Waals surface area (Å²) in [6.45, 7) is 3.77. The van der Waals surface area contributed by atoms with Gasteiger partial charge < -0.3 is 9.84 Å².